The minimum Gasteiger partial charge on any atom is -0.480 e. The van der Waals surface area contributed by atoms with Gasteiger partial charge in [-0.1, -0.05) is 17.7 Å². The summed E-state index contributed by atoms with van der Waals surface area (Å²) in [5, 5.41) is 0.583. The van der Waals surface area contributed by atoms with Crippen LogP contribution in [0.5, 0.6) is 5.88 Å². The molecular weight excluding hydrogens is 392 g/mol. The third-order valence-corrected chi connectivity index (χ3v) is 5.19. The minimum absolute atomic E-state index is 0.0525. The number of anilines is 2. The average molecular weight is 413 g/mol. The summed E-state index contributed by atoms with van der Waals surface area (Å²) in [6, 6.07) is 5.57. The highest BCUT2D eigenvalue weighted by molar-refractivity contribution is 6.31. The molecule has 0 spiro atoms. The van der Waals surface area contributed by atoms with Gasteiger partial charge in [-0.05, 0) is 38.5 Å². The molecule has 0 aliphatic carbocycles. The van der Waals surface area contributed by atoms with Crippen LogP contribution < -0.4 is 15.4 Å². The largest absolute Gasteiger partial charge is 0.480 e. The number of rotatable bonds is 4. The Hall–Kier alpha value is -3.13. The second kappa shape index (κ2) is 7.04. The molecule has 0 saturated carbocycles. The summed E-state index contributed by atoms with van der Waals surface area (Å²) in [6.45, 7) is 6.42. The molecule has 0 saturated heterocycles. The smallest absolute Gasteiger partial charge is 0.279 e. The highest BCUT2D eigenvalue weighted by Crippen LogP contribution is 2.37. The van der Waals surface area contributed by atoms with E-state index in [1.165, 1.54) is 7.11 Å². The number of nitrogens with zero attached hydrogens (tertiary/aromatic N) is 5. The molecule has 1 aromatic carbocycles. The van der Waals surface area contributed by atoms with Crippen LogP contribution in [-0.2, 0) is 6.54 Å². The molecule has 1 amide bonds. The number of amides is 1. The highest BCUT2D eigenvalue weighted by Gasteiger charge is 2.37. The molecule has 2 aromatic heterocycles. The van der Waals surface area contributed by atoms with E-state index in [0.29, 0.717) is 34.5 Å². The molecule has 3 aromatic rings. The molecule has 0 unspecified atom stereocenters. The standard InChI is InChI=1S/C20H21ClN6O2/c1-10(2)27-15-9-26(14-7-12(21)6-5-11(14)3)19(28)16(15)24-17(27)13-8-23-20(22)25-18(13)29-4/h5-8,10H,9H2,1-4H3,(H2,22,23,25). The van der Waals surface area contributed by atoms with Crippen LogP contribution >= 0.6 is 11.6 Å². The van der Waals surface area contributed by atoms with Crippen molar-refractivity contribution in [1.82, 2.24) is 19.5 Å². The minimum atomic E-state index is -0.165. The maximum atomic E-state index is 13.2. The Morgan fingerprint density at radius 3 is 2.72 bits per heavy atom. The first-order chi connectivity index (χ1) is 13.8. The Bertz CT molecular complexity index is 1120. The van der Waals surface area contributed by atoms with E-state index < -0.39 is 0 Å². The van der Waals surface area contributed by atoms with Crippen molar-refractivity contribution in [1.29, 1.82) is 0 Å². The van der Waals surface area contributed by atoms with Crippen LogP contribution in [0.2, 0.25) is 5.02 Å². The number of ether oxygens (including phenoxy) is 1. The number of carbonyl (C=O) groups is 1. The molecule has 0 fully saturated rings. The number of hydrogen-bond donors (Lipinski definition) is 1. The monoisotopic (exact) mass is 412 g/mol. The zero-order valence-corrected chi connectivity index (χ0v) is 17.4. The quantitative estimate of drug-likeness (QED) is 0.702. The summed E-state index contributed by atoms with van der Waals surface area (Å²) in [5.74, 6) is 0.844. The lowest BCUT2D eigenvalue weighted by atomic mass is 10.2. The van der Waals surface area contributed by atoms with Crippen molar-refractivity contribution < 1.29 is 9.53 Å². The number of methoxy groups -OCH3 is 1. The van der Waals surface area contributed by atoms with Gasteiger partial charge in [0.25, 0.3) is 5.91 Å². The Labute approximate surface area is 173 Å². The van der Waals surface area contributed by atoms with Crippen LogP contribution in [0.25, 0.3) is 11.4 Å². The second-order valence-electron chi connectivity index (χ2n) is 7.17. The first-order valence-corrected chi connectivity index (χ1v) is 9.55. The van der Waals surface area contributed by atoms with Gasteiger partial charge in [0, 0.05) is 22.9 Å². The average Bonchev–Trinajstić information content (AvgIpc) is 3.20. The number of nitrogen functional groups attached to an aromatic ring is 1. The summed E-state index contributed by atoms with van der Waals surface area (Å²) in [6.07, 6.45) is 1.57. The van der Waals surface area contributed by atoms with Crippen molar-refractivity contribution in [2.75, 3.05) is 17.7 Å². The summed E-state index contributed by atoms with van der Waals surface area (Å²) < 4.78 is 7.39. The van der Waals surface area contributed by atoms with Gasteiger partial charge in [-0.3, -0.25) is 4.79 Å². The van der Waals surface area contributed by atoms with Crippen LogP contribution in [0.3, 0.4) is 0 Å². The number of aromatic nitrogens is 4. The zero-order valence-electron chi connectivity index (χ0n) is 16.6. The number of fused-ring (bicyclic) bond motifs is 1. The Kier molecular flexibility index (Phi) is 4.66. The lowest BCUT2D eigenvalue weighted by molar-refractivity contribution is 0.0992. The summed E-state index contributed by atoms with van der Waals surface area (Å²) in [4.78, 5) is 27.8. The molecule has 1 aliphatic rings. The number of aryl methyl sites for hydroxylation is 1. The van der Waals surface area contributed by atoms with Crippen LogP contribution in [0.1, 0.15) is 41.6 Å². The third-order valence-electron chi connectivity index (χ3n) is 4.95. The lowest BCUT2D eigenvalue weighted by Gasteiger charge is -2.21. The van der Waals surface area contributed by atoms with Gasteiger partial charge >= 0.3 is 0 Å². The van der Waals surface area contributed by atoms with E-state index in [1.807, 2.05) is 37.5 Å². The second-order valence-corrected chi connectivity index (χ2v) is 7.60. The van der Waals surface area contributed by atoms with Crippen molar-refractivity contribution in [3.05, 3.63) is 46.4 Å². The molecular formula is C20H21ClN6O2. The predicted octanol–water partition coefficient (Wildman–Crippen LogP) is 3.63. The summed E-state index contributed by atoms with van der Waals surface area (Å²) in [5.41, 5.74) is 9.26. The topological polar surface area (TPSA) is 99.2 Å². The SMILES string of the molecule is COc1nc(N)ncc1-c1nc2c(n1C(C)C)CN(c1cc(Cl)ccc1C)C2=O. The maximum Gasteiger partial charge on any atom is 0.279 e. The molecule has 150 valence electrons. The number of nitrogens with two attached hydrogens (primary N) is 1. The lowest BCUT2D eigenvalue weighted by Crippen LogP contribution is -2.25. The summed E-state index contributed by atoms with van der Waals surface area (Å²) >= 11 is 6.16. The number of benzene rings is 1. The number of halogens is 1. The molecule has 1 aliphatic heterocycles. The van der Waals surface area contributed by atoms with Crippen molar-refractivity contribution in [2.45, 2.75) is 33.4 Å². The van der Waals surface area contributed by atoms with Gasteiger partial charge < -0.3 is 19.9 Å². The Morgan fingerprint density at radius 1 is 1.28 bits per heavy atom. The number of imidazole rings is 1. The van der Waals surface area contributed by atoms with Crippen LogP contribution in [-0.4, -0.2) is 32.5 Å². The fraction of sp³-hybridized carbons (Fsp3) is 0.300. The van der Waals surface area contributed by atoms with E-state index in [0.717, 1.165) is 16.9 Å². The molecule has 8 nitrogen and oxygen atoms in total. The molecule has 29 heavy (non-hydrogen) atoms. The number of hydrogen-bond acceptors (Lipinski definition) is 6. The van der Waals surface area contributed by atoms with E-state index in [4.69, 9.17) is 22.1 Å². The summed E-state index contributed by atoms with van der Waals surface area (Å²) in [7, 11) is 1.51. The molecule has 2 N–H and O–H groups in total. The van der Waals surface area contributed by atoms with E-state index in [1.54, 1.807) is 17.2 Å². The van der Waals surface area contributed by atoms with E-state index in [9.17, 15) is 4.79 Å². The first-order valence-electron chi connectivity index (χ1n) is 9.17. The van der Waals surface area contributed by atoms with Gasteiger partial charge in [0.1, 0.15) is 5.82 Å². The predicted molar refractivity (Wildman–Crippen MR) is 111 cm³/mol. The fourth-order valence-corrected chi connectivity index (χ4v) is 3.81. The first kappa shape index (κ1) is 19.2. The molecule has 3 heterocycles. The molecule has 0 bridgehead atoms. The maximum absolute atomic E-state index is 13.2. The normalized spacial score (nSPS) is 13.3. The van der Waals surface area contributed by atoms with Gasteiger partial charge in [0.15, 0.2) is 5.69 Å². The molecule has 0 atom stereocenters. The Balaban J connectivity index is 1.84. The van der Waals surface area contributed by atoms with Crippen molar-refractivity contribution in [3.63, 3.8) is 0 Å². The van der Waals surface area contributed by atoms with E-state index in [2.05, 4.69) is 15.0 Å². The number of carbonyl (C=O) groups excluding carboxylic acids is 1. The van der Waals surface area contributed by atoms with Crippen LogP contribution in [0, 0.1) is 6.92 Å². The van der Waals surface area contributed by atoms with Crippen molar-refractivity contribution in [3.8, 4) is 17.3 Å². The highest BCUT2D eigenvalue weighted by atomic mass is 35.5. The zero-order chi connectivity index (χ0) is 20.9. The van der Waals surface area contributed by atoms with Gasteiger partial charge in [-0.15, -0.1) is 0 Å². The van der Waals surface area contributed by atoms with Crippen molar-refractivity contribution in [2.24, 2.45) is 0 Å². The van der Waals surface area contributed by atoms with E-state index >= 15 is 0 Å². The third kappa shape index (κ3) is 3.09. The van der Waals surface area contributed by atoms with Gasteiger partial charge in [0.05, 0.1) is 24.9 Å². The van der Waals surface area contributed by atoms with Crippen molar-refractivity contribution >= 4 is 29.1 Å². The Morgan fingerprint density at radius 2 is 2.03 bits per heavy atom. The van der Waals surface area contributed by atoms with Gasteiger partial charge in [0.2, 0.25) is 11.8 Å². The molecule has 9 heteroatoms. The van der Waals surface area contributed by atoms with Gasteiger partial charge in [-0.25, -0.2) is 9.97 Å². The van der Waals surface area contributed by atoms with Crippen LogP contribution in [0.4, 0.5) is 11.6 Å². The molecule has 4 rings (SSSR count). The fourth-order valence-electron chi connectivity index (χ4n) is 3.64. The van der Waals surface area contributed by atoms with E-state index in [-0.39, 0.29) is 17.9 Å². The van der Waals surface area contributed by atoms with Crippen LogP contribution in [0.15, 0.2) is 24.4 Å². The molecule has 0 radical (unpaired) electrons. The van der Waals surface area contributed by atoms with Gasteiger partial charge in [-0.2, -0.15) is 4.98 Å².